The number of hydrogen-bond acceptors (Lipinski definition) is 8. The van der Waals surface area contributed by atoms with E-state index >= 15 is 0 Å². The molecule has 1 aliphatic heterocycles. The number of anilines is 3. The number of ether oxygens (including phenoxy) is 1. The van der Waals surface area contributed by atoms with Crippen LogP contribution in [0, 0.1) is 0 Å². The van der Waals surface area contributed by atoms with E-state index in [2.05, 4.69) is 20.5 Å². The Labute approximate surface area is 184 Å². The van der Waals surface area contributed by atoms with E-state index in [4.69, 9.17) is 14.7 Å². The highest BCUT2D eigenvalue weighted by atomic mass is 32.1. The lowest BCUT2D eigenvalue weighted by atomic mass is 10.00. The van der Waals surface area contributed by atoms with Gasteiger partial charge in [-0.2, -0.15) is 0 Å². The quantitative estimate of drug-likeness (QED) is 0.634. The topological polar surface area (TPSA) is 92.3 Å². The van der Waals surface area contributed by atoms with Crippen molar-refractivity contribution in [2.75, 3.05) is 36.9 Å². The number of nitrogens with one attached hydrogen (secondary N) is 2. The fourth-order valence-electron chi connectivity index (χ4n) is 3.88. The third kappa shape index (κ3) is 4.58. The first-order valence-electron chi connectivity index (χ1n) is 10.4. The molecular formula is C22H24N6O2S. The lowest BCUT2D eigenvalue weighted by molar-refractivity contribution is -0.114. The molecule has 31 heavy (non-hydrogen) atoms. The van der Waals surface area contributed by atoms with Gasteiger partial charge in [-0.15, -0.1) is 11.3 Å². The van der Waals surface area contributed by atoms with Crippen LogP contribution in [0.25, 0.3) is 10.6 Å². The summed E-state index contributed by atoms with van der Waals surface area (Å²) in [7, 11) is 0. The van der Waals surface area contributed by atoms with E-state index in [1.807, 2.05) is 30.5 Å². The van der Waals surface area contributed by atoms with Gasteiger partial charge in [0.2, 0.25) is 11.9 Å². The monoisotopic (exact) mass is 436 g/mol. The maximum Gasteiger partial charge on any atom is 0.227 e. The number of amides is 1. The number of aryl methyl sites for hydroxylation is 2. The number of fused-ring (bicyclic) bond motifs is 3. The van der Waals surface area contributed by atoms with Gasteiger partial charge < -0.3 is 15.4 Å². The summed E-state index contributed by atoms with van der Waals surface area (Å²) >= 11 is 1.74. The van der Waals surface area contributed by atoms with Gasteiger partial charge in [0.1, 0.15) is 5.01 Å². The van der Waals surface area contributed by atoms with Crippen LogP contribution < -0.4 is 10.6 Å². The number of hydrogen-bond donors (Lipinski definition) is 2. The Morgan fingerprint density at radius 2 is 2.03 bits per heavy atom. The zero-order valence-electron chi connectivity index (χ0n) is 17.4. The SMILES string of the molecule is CC(=O)Nc1cccc(Nc2ncc3c(n2)-c2sc(CN4CCOCC4)nc2CC3)c1. The smallest absolute Gasteiger partial charge is 0.227 e. The van der Waals surface area contributed by atoms with Crippen LogP contribution in [0.2, 0.25) is 0 Å². The maximum atomic E-state index is 11.3. The summed E-state index contributed by atoms with van der Waals surface area (Å²) in [4.78, 5) is 29.1. The predicted molar refractivity (Wildman–Crippen MR) is 121 cm³/mol. The van der Waals surface area contributed by atoms with Gasteiger partial charge >= 0.3 is 0 Å². The minimum absolute atomic E-state index is 0.104. The minimum atomic E-state index is -0.104. The molecule has 0 radical (unpaired) electrons. The molecule has 2 N–H and O–H groups in total. The lowest BCUT2D eigenvalue weighted by Gasteiger charge is -2.25. The first kappa shape index (κ1) is 20.0. The van der Waals surface area contributed by atoms with Gasteiger partial charge in [-0.25, -0.2) is 15.0 Å². The maximum absolute atomic E-state index is 11.3. The molecule has 3 heterocycles. The Kier molecular flexibility index (Phi) is 5.63. The standard InChI is InChI=1S/C22H24N6O2S/c1-14(29)24-16-3-2-4-17(11-16)25-22-23-12-15-5-6-18-21(20(15)27-22)31-19(26-18)13-28-7-9-30-10-8-28/h2-4,11-12H,5-10,13H2,1H3,(H,24,29)(H,23,25,27). The molecule has 0 unspecified atom stereocenters. The molecule has 2 aromatic heterocycles. The van der Waals surface area contributed by atoms with Crippen molar-refractivity contribution in [1.29, 1.82) is 0 Å². The molecular weight excluding hydrogens is 412 g/mol. The number of aromatic nitrogens is 3. The van der Waals surface area contributed by atoms with Gasteiger partial charge in [-0.3, -0.25) is 9.69 Å². The Balaban J connectivity index is 1.37. The van der Waals surface area contributed by atoms with Crippen LogP contribution in [0.4, 0.5) is 17.3 Å². The summed E-state index contributed by atoms with van der Waals surface area (Å²) in [5.74, 6) is 0.433. The van der Waals surface area contributed by atoms with Crippen molar-refractivity contribution in [2.24, 2.45) is 0 Å². The first-order chi connectivity index (χ1) is 15.1. The third-order valence-electron chi connectivity index (χ3n) is 5.35. The van der Waals surface area contributed by atoms with E-state index in [1.165, 1.54) is 6.92 Å². The number of benzene rings is 1. The van der Waals surface area contributed by atoms with Gasteiger partial charge in [0.15, 0.2) is 0 Å². The first-order valence-corrected chi connectivity index (χ1v) is 11.3. The second kappa shape index (κ2) is 8.70. The third-order valence-corrected chi connectivity index (χ3v) is 6.44. The second-order valence-corrected chi connectivity index (χ2v) is 8.81. The molecule has 9 heteroatoms. The molecule has 160 valence electrons. The van der Waals surface area contributed by atoms with Gasteiger partial charge in [-0.1, -0.05) is 6.07 Å². The summed E-state index contributed by atoms with van der Waals surface area (Å²) in [6.45, 7) is 5.84. The summed E-state index contributed by atoms with van der Waals surface area (Å²) < 4.78 is 5.45. The van der Waals surface area contributed by atoms with Crippen LogP contribution >= 0.6 is 11.3 Å². The average Bonchev–Trinajstić information content (AvgIpc) is 3.17. The van der Waals surface area contributed by atoms with E-state index in [0.29, 0.717) is 5.95 Å². The van der Waals surface area contributed by atoms with Crippen LogP contribution in [0.15, 0.2) is 30.5 Å². The van der Waals surface area contributed by atoms with E-state index in [1.54, 1.807) is 11.3 Å². The van der Waals surface area contributed by atoms with Crippen molar-refractivity contribution in [1.82, 2.24) is 19.9 Å². The van der Waals surface area contributed by atoms with E-state index in [-0.39, 0.29) is 5.91 Å². The van der Waals surface area contributed by atoms with Crippen molar-refractivity contribution in [2.45, 2.75) is 26.3 Å². The molecule has 1 fully saturated rings. The summed E-state index contributed by atoms with van der Waals surface area (Å²) in [5, 5.41) is 7.19. The van der Waals surface area contributed by atoms with Gasteiger partial charge in [0, 0.05) is 37.6 Å². The zero-order valence-corrected chi connectivity index (χ0v) is 18.2. The van der Waals surface area contributed by atoms with E-state index < -0.39 is 0 Å². The highest BCUT2D eigenvalue weighted by Crippen LogP contribution is 2.37. The number of thiazole rings is 1. The summed E-state index contributed by atoms with van der Waals surface area (Å²) in [6.07, 6.45) is 3.74. The normalized spacial score (nSPS) is 15.8. The molecule has 8 nitrogen and oxygen atoms in total. The summed E-state index contributed by atoms with van der Waals surface area (Å²) in [5.41, 5.74) is 4.82. The van der Waals surface area contributed by atoms with Crippen molar-refractivity contribution in [3.8, 4) is 10.6 Å². The van der Waals surface area contributed by atoms with Gasteiger partial charge in [0.05, 0.1) is 36.0 Å². The zero-order chi connectivity index (χ0) is 21.2. The lowest BCUT2D eigenvalue weighted by Crippen LogP contribution is -2.35. The Morgan fingerprint density at radius 3 is 2.87 bits per heavy atom. The minimum Gasteiger partial charge on any atom is -0.379 e. The second-order valence-electron chi connectivity index (χ2n) is 7.73. The van der Waals surface area contributed by atoms with Gasteiger partial charge in [-0.05, 0) is 36.6 Å². The van der Waals surface area contributed by atoms with Gasteiger partial charge in [0.25, 0.3) is 0 Å². The molecule has 0 atom stereocenters. The molecule has 1 aromatic carbocycles. The molecule has 1 saturated heterocycles. The molecule has 1 amide bonds. The summed E-state index contributed by atoms with van der Waals surface area (Å²) in [6, 6.07) is 7.51. The highest BCUT2D eigenvalue weighted by Gasteiger charge is 2.24. The molecule has 5 rings (SSSR count). The highest BCUT2D eigenvalue weighted by molar-refractivity contribution is 7.15. The Bertz CT molecular complexity index is 1110. The number of rotatable bonds is 5. The predicted octanol–water partition coefficient (Wildman–Crippen LogP) is 3.23. The Morgan fingerprint density at radius 1 is 1.19 bits per heavy atom. The molecule has 0 bridgehead atoms. The van der Waals surface area contributed by atoms with E-state index in [0.717, 1.165) is 83.9 Å². The van der Waals surface area contributed by atoms with Crippen LogP contribution in [0.1, 0.15) is 23.2 Å². The van der Waals surface area contributed by atoms with Crippen molar-refractivity contribution in [3.63, 3.8) is 0 Å². The molecule has 1 aliphatic carbocycles. The molecule has 0 saturated carbocycles. The number of nitrogens with zero attached hydrogens (tertiary/aromatic N) is 4. The van der Waals surface area contributed by atoms with E-state index in [9.17, 15) is 4.79 Å². The number of carbonyl (C=O) groups is 1. The molecule has 3 aromatic rings. The fraction of sp³-hybridized carbons (Fsp3) is 0.364. The fourth-order valence-corrected chi connectivity index (χ4v) is 5.06. The Hall–Kier alpha value is -2.88. The van der Waals surface area contributed by atoms with Crippen LogP contribution in [-0.4, -0.2) is 52.1 Å². The average molecular weight is 437 g/mol. The largest absolute Gasteiger partial charge is 0.379 e. The van der Waals surface area contributed by atoms with Crippen molar-refractivity contribution < 1.29 is 9.53 Å². The van der Waals surface area contributed by atoms with Crippen LogP contribution in [0.3, 0.4) is 0 Å². The number of carbonyl (C=O) groups excluding carboxylic acids is 1. The number of morpholine rings is 1. The van der Waals surface area contributed by atoms with Crippen LogP contribution in [-0.2, 0) is 28.9 Å². The van der Waals surface area contributed by atoms with Crippen LogP contribution in [0.5, 0.6) is 0 Å². The van der Waals surface area contributed by atoms with Crippen molar-refractivity contribution >= 4 is 34.6 Å². The molecule has 2 aliphatic rings. The van der Waals surface area contributed by atoms with Crippen molar-refractivity contribution in [3.05, 3.63) is 46.7 Å². The molecule has 0 spiro atoms.